The number of ether oxygens (including phenoxy) is 1. The SMILES string of the molecule is CCOc1ncccc1C(=O)N(Cc1ccc(C(=O)NC2CC2)cc1)C1CC1. The lowest BCUT2D eigenvalue weighted by molar-refractivity contribution is 0.0724. The van der Waals surface area contributed by atoms with Crippen molar-refractivity contribution in [2.24, 2.45) is 0 Å². The molecule has 0 atom stereocenters. The van der Waals surface area contributed by atoms with Crippen molar-refractivity contribution in [3.05, 3.63) is 59.3 Å². The van der Waals surface area contributed by atoms with Crippen molar-refractivity contribution < 1.29 is 14.3 Å². The van der Waals surface area contributed by atoms with E-state index in [0.29, 0.717) is 36.2 Å². The predicted octanol–water partition coefficient (Wildman–Crippen LogP) is 3.18. The summed E-state index contributed by atoms with van der Waals surface area (Å²) in [4.78, 5) is 31.4. The van der Waals surface area contributed by atoms with Crippen LogP contribution in [0.5, 0.6) is 5.88 Å². The van der Waals surface area contributed by atoms with Crippen molar-refractivity contribution in [1.82, 2.24) is 15.2 Å². The minimum absolute atomic E-state index is 0.0270. The Morgan fingerprint density at radius 1 is 1.14 bits per heavy atom. The van der Waals surface area contributed by atoms with E-state index < -0.39 is 0 Å². The maximum absolute atomic E-state index is 13.2. The second kappa shape index (κ2) is 8.00. The summed E-state index contributed by atoms with van der Waals surface area (Å²) in [6.07, 6.45) is 5.80. The number of hydrogen-bond donors (Lipinski definition) is 1. The first-order chi connectivity index (χ1) is 13.7. The molecule has 2 aromatic rings. The average Bonchev–Trinajstić information content (AvgIpc) is 3.61. The number of aromatic nitrogens is 1. The van der Waals surface area contributed by atoms with E-state index >= 15 is 0 Å². The lowest BCUT2D eigenvalue weighted by Crippen LogP contribution is -2.33. The molecule has 6 heteroatoms. The molecule has 0 saturated heterocycles. The van der Waals surface area contributed by atoms with E-state index in [1.165, 1.54) is 0 Å². The van der Waals surface area contributed by atoms with Crippen LogP contribution in [0.15, 0.2) is 42.6 Å². The highest BCUT2D eigenvalue weighted by Gasteiger charge is 2.34. The Morgan fingerprint density at radius 2 is 1.89 bits per heavy atom. The van der Waals surface area contributed by atoms with E-state index in [4.69, 9.17) is 4.74 Å². The lowest BCUT2D eigenvalue weighted by Gasteiger charge is -2.23. The van der Waals surface area contributed by atoms with Crippen LogP contribution in [0.1, 0.15) is 58.9 Å². The predicted molar refractivity (Wildman–Crippen MR) is 105 cm³/mol. The Labute approximate surface area is 164 Å². The Bertz CT molecular complexity index is 858. The molecule has 0 aliphatic heterocycles. The zero-order valence-corrected chi connectivity index (χ0v) is 16.1. The zero-order valence-electron chi connectivity index (χ0n) is 16.1. The molecule has 4 rings (SSSR count). The van der Waals surface area contributed by atoms with Crippen LogP contribution in [-0.4, -0.2) is 40.4 Å². The molecule has 146 valence electrons. The highest BCUT2D eigenvalue weighted by molar-refractivity contribution is 5.97. The van der Waals surface area contributed by atoms with Crippen molar-refractivity contribution >= 4 is 11.8 Å². The smallest absolute Gasteiger partial charge is 0.259 e. The molecular formula is C22H25N3O3. The molecule has 2 amide bonds. The summed E-state index contributed by atoms with van der Waals surface area (Å²) in [6, 6.07) is 11.6. The van der Waals surface area contributed by atoms with Crippen LogP contribution in [0, 0.1) is 0 Å². The molecule has 0 radical (unpaired) electrons. The van der Waals surface area contributed by atoms with Gasteiger partial charge in [0.15, 0.2) is 0 Å². The molecule has 0 unspecified atom stereocenters. The molecule has 2 aliphatic carbocycles. The Hall–Kier alpha value is -2.89. The molecule has 1 aromatic heterocycles. The van der Waals surface area contributed by atoms with Gasteiger partial charge in [0.1, 0.15) is 5.56 Å². The quantitative estimate of drug-likeness (QED) is 0.765. The number of nitrogens with zero attached hydrogens (tertiary/aromatic N) is 2. The first-order valence-corrected chi connectivity index (χ1v) is 9.94. The van der Waals surface area contributed by atoms with Gasteiger partial charge in [0.05, 0.1) is 6.61 Å². The van der Waals surface area contributed by atoms with E-state index in [0.717, 1.165) is 31.2 Å². The minimum Gasteiger partial charge on any atom is -0.477 e. The molecule has 1 aromatic carbocycles. The maximum atomic E-state index is 13.2. The third-order valence-corrected chi connectivity index (χ3v) is 5.01. The summed E-state index contributed by atoms with van der Waals surface area (Å²) in [5.41, 5.74) is 2.16. The van der Waals surface area contributed by atoms with Crippen LogP contribution in [0.3, 0.4) is 0 Å². The summed E-state index contributed by atoms with van der Waals surface area (Å²) < 4.78 is 5.53. The Kier molecular flexibility index (Phi) is 5.28. The summed E-state index contributed by atoms with van der Waals surface area (Å²) >= 11 is 0. The molecule has 28 heavy (non-hydrogen) atoms. The largest absolute Gasteiger partial charge is 0.477 e. The van der Waals surface area contributed by atoms with Crippen LogP contribution in [0.25, 0.3) is 0 Å². The van der Waals surface area contributed by atoms with E-state index in [2.05, 4.69) is 10.3 Å². The second-order valence-corrected chi connectivity index (χ2v) is 7.40. The van der Waals surface area contributed by atoms with Crippen molar-refractivity contribution in [3.63, 3.8) is 0 Å². The summed E-state index contributed by atoms with van der Waals surface area (Å²) in [5.74, 6) is 0.295. The van der Waals surface area contributed by atoms with Gasteiger partial charge in [-0.2, -0.15) is 0 Å². The van der Waals surface area contributed by atoms with Gasteiger partial charge in [0.25, 0.3) is 11.8 Å². The fraction of sp³-hybridized carbons (Fsp3) is 0.409. The molecule has 2 aliphatic rings. The van der Waals surface area contributed by atoms with Crippen molar-refractivity contribution in [2.75, 3.05) is 6.61 Å². The van der Waals surface area contributed by atoms with E-state index in [1.807, 2.05) is 36.1 Å². The third-order valence-electron chi connectivity index (χ3n) is 5.01. The van der Waals surface area contributed by atoms with Crippen molar-refractivity contribution in [3.8, 4) is 5.88 Å². The molecule has 0 spiro atoms. The van der Waals surface area contributed by atoms with Gasteiger partial charge in [-0.3, -0.25) is 9.59 Å². The maximum Gasteiger partial charge on any atom is 0.259 e. The van der Waals surface area contributed by atoms with E-state index in [9.17, 15) is 9.59 Å². The van der Waals surface area contributed by atoms with Gasteiger partial charge in [0.2, 0.25) is 5.88 Å². The number of rotatable bonds is 8. The number of benzene rings is 1. The van der Waals surface area contributed by atoms with Crippen molar-refractivity contribution in [1.29, 1.82) is 0 Å². The van der Waals surface area contributed by atoms with Gasteiger partial charge in [-0.15, -0.1) is 0 Å². The summed E-state index contributed by atoms with van der Waals surface area (Å²) in [5, 5.41) is 2.99. The Morgan fingerprint density at radius 3 is 2.54 bits per heavy atom. The fourth-order valence-corrected chi connectivity index (χ4v) is 3.17. The Balaban J connectivity index is 1.48. The fourth-order valence-electron chi connectivity index (χ4n) is 3.17. The van der Waals surface area contributed by atoms with Gasteiger partial charge < -0.3 is 15.0 Å². The number of carbonyl (C=O) groups excluding carboxylic acids is 2. The second-order valence-electron chi connectivity index (χ2n) is 7.40. The van der Waals surface area contributed by atoms with Crippen LogP contribution in [0.4, 0.5) is 0 Å². The average molecular weight is 379 g/mol. The number of nitrogens with one attached hydrogen (secondary N) is 1. The molecule has 2 fully saturated rings. The third kappa shape index (κ3) is 4.32. The minimum atomic E-state index is -0.0606. The van der Waals surface area contributed by atoms with Gasteiger partial charge in [-0.05, 0) is 62.4 Å². The zero-order chi connectivity index (χ0) is 19.5. The van der Waals surface area contributed by atoms with E-state index in [1.54, 1.807) is 18.3 Å². The van der Waals surface area contributed by atoms with Crippen molar-refractivity contribution in [2.45, 2.75) is 51.2 Å². The van der Waals surface area contributed by atoms with Crippen LogP contribution < -0.4 is 10.1 Å². The molecule has 2 saturated carbocycles. The van der Waals surface area contributed by atoms with Gasteiger partial charge in [-0.25, -0.2) is 4.98 Å². The van der Waals surface area contributed by atoms with E-state index in [-0.39, 0.29) is 17.9 Å². The summed E-state index contributed by atoms with van der Waals surface area (Å²) in [6.45, 7) is 2.85. The molecule has 6 nitrogen and oxygen atoms in total. The normalized spacial score (nSPS) is 15.8. The van der Waals surface area contributed by atoms with Gasteiger partial charge in [0, 0.05) is 30.4 Å². The summed E-state index contributed by atoms with van der Waals surface area (Å²) in [7, 11) is 0. The highest BCUT2D eigenvalue weighted by atomic mass is 16.5. The van der Waals surface area contributed by atoms with Crippen LogP contribution in [0.2, 0.25) is 0 Å². The molecule has 1 heterocycles. The standard InChI is InChI=1S/C22H25N3O3/c1-2-28-21-19(4-3-13-23-21)22(27)25(18-11-12-18)14-15-5-7-16(8-6-15)20(26)24-17-9-10-17/h3-8,13,17-18H,2,9-12,14H2,1H3,(H,24,26). The first kappa shape index (κ1) is 18.5. The number of pyridine rings is 1. The van der Waals surface area contributed by atoms with Crippen LogP contribution in [-0.2, 0) is 6.54 Å². The number of carbonyl (C=O) groups is 2. The number of amides is 2. The highest BCUT2D eigenvalue weighted by Crippen LogP contribution is 2.31. The molecule has 0 bridgehead atoms. The topological polar surface area (TPSA) is 71.5 Å². The van der Waals surface area contributed by atoms with Crippen LogP contribution >= 0.6 is 0 Å². The molecule has 1 N–H and O–H groups in total. The van der Waals surface area contributed by atoms with Gasteiger partial charge >= 0.3 is 0 Å². The number of hydrogen-bond acceptors (Lipinski definition) is 4. The van der Waals surface area contributed by atoms with Gasteiger partial charge in [-0.1, -0.05) is 12.1 Å². The molecular weight excluding hydrogens is 354 g/mol. The first-order valence-electron chi connectivity index (χ1n) is 9.94. The lowest BCUT2D eigenvalue weighted by atomic mass is 10.1. The monoisotopic (exact) mass is 379 g/mol.